The van der Waals surface area contributed by atoms with Crippen LogP contribution in [0.5, 0.6) is 5.75 Å². The second-order valence-corrected chi connectivity index (χ2v) is 4.31. The number of benzene rings is 1. The number of para-hydroxylation sites is 1. The maximum absolute atomic E-state index is 11.3. The number of ether oxygens (including phenoxy) is 1. The Hall–Kier alpha value is -1.55. The van der Waals surface area contributed by atoms with Gasteiger partial charge in [0.25, 0.3) is 0 Å². The van der Waals surface area contributed by atoms with Crippen LogP contribution in [0.25, 0.3) is 0 Å². The lowest BCUT2D eigenvalue weighted by Gasteiger charge is -2.35. The van der Waals surface area contributed by atoms with Crippen molar-refractivity contribution in [2.45, 2.75) is 31.3 Å². The molecule has 17 heavy (non-hydrogen) atoms. The number of aliphatic carboxylic acids is 1. The van der Waals surface area contributed by atoms with Crippen LogP contribution in [0.3, 0.4) is 0 Å². The van der Waals surface area contributed by atoms with E-state index in [9.17, 15) is 15.0 Å². The molecule has 2 rings (SSSR count). The smallest absolute Gasteiger partial charge is 0.336 e. The third kappa shape index (κ3) is 1.89. The minimum Gasteiger partial charge on any atom is -0.493 e. The van der Waals surface area contributed by atoms with Gasteiger partial charge in [-0.3, -0.25) is 0 Å². The van der Waals surface area contributed by atoms with Crippen molar-refractivity contribution in [3.63, 3.8) is 0 Å². The van der Waals surface area contributed by atoms with E-state index in [-0.39, 0.29) is 6.42 Å². The Morgan fingerprint density at radius 3 is 2.88 bits per heavy atom. The molecule has 1 aliphatic rings. The average Bonchev–Trinajstić information content (AvgIpc) is 2.37. The highest BCUT2D eigenvalue weighted by atomic mass is 16.5. The first-order chi connectivity index (χ1) is 8.09. The fourth-order valence-corrected chi connectivity index (χ4v) is 2.38. The molecule has 0 spiro atoms. The predicted molar refractivity (Wildman–Crippen MR) is 62.2 cm³/mol. The number of hydrogen-bond acceptors (Lipinski definition) is 3. The largest absolute Gasteiger partial charge is 0.493 e. The summed E-state index contributed by atoms with van der Waals surface area (Å²) < 4.78 is 5.47. The standard InChI is InChI=1S/C13H16O4/c1-2-13(16,12(14)15)10-7-8-17-11-6-4-3-5-9(10)11/h3-6,10,16H,2,7-8H2,1H3,(H,14,15). The first-order valence-electron chi connectivity index (χ1n) is 5.77. The van der Waals surface area contributed by atoms with Gasteiger partial charge in [-0.05, 0) is 18.9 Å². The molecule has 1 aromatic carbocycles. The lowest BCUT2D eigenvalue weighted by Crippen LogP contribution is -2.45. The Morgan fingerprint density at radius 1 is 1.53 bits per heavy atom. The molecule has 0 radical (unpaired) electrons. The molecule has 92 valence electrons. The summed E-state index contributed by atoms with van der Waals surface area (Å²) in [6, 6.07) is 7.30. The molecule has 0 saturated heterocycles. The summed E-state index contributed by atoms with van der Waals surface area (Å²) in [5.74, 6) is -0.895. The Morgan fingerprint density at radius 2 is 2.24 bits per heavy atom. The van der Waals surface area contributed by atoms with E-state index < -0.39 is 17.5 Å². The molecule has 0 aliphatic carbocycles. The van der Waals surface area contributed by atoms with Gasteiger partial charge in [0.15, 0.2) is 5.60 Å². The number of aliphatic hydroxyl groups is 1. The van der Waals surface area contributed by atoms with Gasteiger partial charge < -0.3 is 14.9 Å². The van der Waals surface area contributed by atoms with Gasteiger partial charge in [-0.1, -0.05) is 25.1 Å². The summed E-state index contributed by atoms with van der Waals surface area (Å²) in [5, 5.41) is 19.5. The van der Waals surface area contributed by atoms with Crippen LogP contribution in [0.15, 0.2) is 24.3 Å². The second kappa shape index (κ2) is 4.37. The molecule has 1 aromatic rings. The Bertz CT molecular complexity index is 429. The maximum atomic E-state index is 11.3. The van der Waals surface area contributed by atoms with E-state index in [0.717, 1.165) is 5.56 Å². The van der Waals surface area contributed by atoms with Crippen molar-refractivity contribution < 1.29 is 19.7 Å². The van der Waals surface area contributed by atoms with Crippen molar-refractivity contribution in [3.8, 4) is 5.75 Å². The number of fused-ring (bicyclic) bond motifs is 1. The molecule has 0 bridgehead atoms. The van der Waals surface area contributed by atoms with Crippen molar-refractivity contribution in [3.05, 3.63) is 29.8 Å². The lowest BCUT2D eigenvalue weighted by atomic mass is 9.77. The Kier molecular flexibility index (Phi) is 3.07. The predicted octanol–water partition coefficient (Wildman–Crippen LogP) is 1.78. The monoisotopic (exact) mass is 236 g/mol. The summed E-state index contributed by atoms with van der Waals surface area (Å²) in [5.41, 5.74) is -0.926. The van der Waals surface area contributed by atoms with Crippen LogP contribution >= 0.6 is 0 Å². The maximum Gasteiger partial charge on any atom is 0.336 e. The molecular weight excluding hydrogens is 220 g/mol. The van der Waals surface area contributed by atoms with E-state index in [2.05, 4.69) is 0 Å². The summed E-state index contributed by atoms with van der Waals surface area (Å²) in [7, 11) is 0. The molecule has 2 N–H and O–H groups in total. The quantitative estimate of drug-likeness (QED) is 0.839. The van der Waals surface area contributed by atoms with Crippen LogP contribution in [0.1, 0.15) is 31.2 Å². The van der Waals surface area contributed by atoms with Crippen molar-refractivity contribution >= 4 is 5.97 Å². The molecule has 4 heteroatoms. The van der Waals surface area contributed by atoms with Gasteiger partial charge in [0.05, 0.1) is 6.61 Å². The third-order valence-electron chi connectivity index (χ3n) is 3.44. The third-order valence-corrected chi connectivity index (χ3v) is 3.44. The molecular formula is C13H16O4. The van der Waals surface area contributed by atoms with E-state index in [1.807, 2.05) is 18.2 Å². The van der Waals surface area contributed by atoms with Crippen molar-refractivity contribution in [1.82, 2.24) is 0 Å². The first kappa shape index (κ1) is 11.9. The second-order valence-electron chi connectivity index (χ2n) is 4.31. The van der Waals surface area contributed by atoms with Crippen LogP contribution in [0.4, 0.5) is 0 Å². The Labute approximate surface area is 99.8 Å². The van der Waals surface area contributed by atoms with Crippen LogP contribution in [0.2, 0.25) is 0 Å². The summed E-state index contributed by atoms with van der Waals surface area (Å²) in [6.45, 7) is 2.13. The molecule has 0 saturated carbocycles. The molecule has 0 fully saturated rings. The minimum atomic E-state index is -1.71. The number of rotatable bonds is 3. The molecule has 0 aromatic heterocycles. The lowest BCUT2D eigenvalue weighted by molar-refractivity contribution is -0.162. The summed E-state index contributed by atoms with van der Waals surface area (Å²) in [4.78, 5) is 11.3. The van der Waals surface area contributed by atoms with Gasteiger partial charge in [-0.25, -0.2) is 4.79 Å². The topological polar surface area (TPSA) is 66.8 Å². The fourth-order valence-electron chi connectivity index (χ4n) is 2.38. The molecule has 2 atom stereocenters. The first-order valence-corrected chi connectivity index (χ1v) is 5.77. The zero-order chi connectivity index (χ0) is 12.5. The van der Waals surface area contributed by atoms with Crippen molar-refractivity contribution in [1.29, 1.82) is 0 Å². The van der Waals surface area contributed by atoms with Gasteiger partial charge in [0.2, 0.25) is 0 Å². The van der Waals surface area contributed by atoms with Gasteiger partial charge in [0.1, 0.15) is 5.75 Å². The van der Waals surface area contributed by atoms with E-state index >= 15 is 0 Å². The van der Waals surface area contributed by atoms with Crippen molar-refractivity contribution in [2.75, 3.05) is 6.61 Å². The molecule has 2 unspecified atom stereocenters. The normalized spacial score (nSPS) is 22.1. The van der Waals surface area contributed by atoms with Gasteiger partial charge in [-0.2, -0.15) is 0 Å². The van der Waals surface area contributed by atoms with Gasteiger partial charge in [-0.15, -0.1) is 0 Å². The molecule has 4 nitrogen and oxygen atoms in total. The molecule has 1 heterocycles. The van der Waals surface area contributed by atoms with E-state index in [1.165, 1.54) is 0 Å². The van der Waals surface area contributed by atoms with Crippen molar-refractivity contribution in [2.24, 2.45) is 0 Å². The number of hydrogen-bond donors (Lipinski definition) is 2. The summed E-state index contributed by atoms with van der Waals surface area (Å²) in [6.07, 6.45) is 0.703. The zero-order valence-corrected chi connectivity index (χ0v) is 9.72. The highest BCUT2D eigenvalue weighted by Gasteiger charge is 2.45. The zero-order valence-electron chi connectivity index (χ0n) is 9.72. The number of carboxylic acids is 1. The van der Waals surface area contributed by atoms with E-state index in [0.29, 0.717) is 18.8 Å². The van der Waals surface area contributed by atoms with Gasteiger partial charge in [0, 0.05) is 11.5 Å². The highest BCUT2D eigenvalue weighted by molar-refractivity contribution is 5.79. The van der Waals surface area contributed by atoms with E-state index in [4.69, 9.17) is 4.74 Å². The van der Waals surface area contributed by atoms with Crippen LogP contribution in [-0.4, -0.2) is 28.4 Å². The SMILES string of the molecule is CCC(O)(C(=O)O)C1CCOc2ccccc21. The van der Waals surface area contributed by atoms with Crippen LogP contribution < -0.4 is 4.74 Å². The van der Waals surface area contributed by atoms with Crippen LogP contribution in [0, 0.1) is 0 Å². The van der Waals surface area contributed by atoms with Gasteiger partial charge >= 0.3 is 5.97 Å². The number of carbonyl (C=O) groups is 1. The minimum absolute atomic E-state index is 0.182. The average molecular weight is 236 g/mol. The molecule has 1 aliphatic heterocycles. The van der Waals surface area contributed by atoms with E-state index in [1.54, 1.807) is 13.0 Å². The fraction of sp³-hybridized carbons (Fsp3) is 0.462. The highest BCUT2D eigenvalue weighted by Crippen LogP contribution is 2.41. The molecule has 0 amide bonds. The Balaban J connectivity index is 2.44. The summed E-state index contributed by atoms with van der Waals surface area (Å²) >= 11 is 0. The van der Waals surface area contributed by atoms with Crippen LogP contribution in [-0.2, 0) is 4.79 Å². The number of carboxylic acid groups (broad SMARTS) is 1.